The predicted octanol–water partition coefficient (Wildman–Crippen LogP) is 11.5. The summed E-state index contributed by atoms with van der Waals surface area (Å²) in [5, 5.41) is 0. The maximum atomic E-state index is 12.5. The van der Waals surface area contributed by atoms with Gasteiger partial charge in [-0.1, -0.05) is 167 Å². The second kappa shape index (κ2) is 35.6. The number of hydrogen-bond donors (Lipinski definition) is 0. The van der Waals surface area contributed by atoms with E-state index in [9.17, 15) is 14.3 Å². The summed E-state index contributed by atoms with van der Waals surface area (Å²) in [6, 6.07) is 0. The molecule has 0 aliphatic heterocycles. The fraction of sp³-hybridized carbons (Fsp3) is 0.833. The number of nitrogens with zero attached hydrogens (tertiary/aromatic N) is 1. The standard InChI is InChI=1S/C42H80NO7P/c1-6-8-10-12-14-16-18-20-22-23-25-27-29-31-33-35-42(44)50-41(40-49-51(45,46)48-38-36-43(3,4)5)39-47-37-34-32-30-28-26-24-21-19-17-15-13-11-9-7-2/h29,31,33-35,37,41H,6-28,30,32,36,38-40H2,1-5H3/b31-29+,35-33+,37-34+/t41-/m1/s1. The lowest BCUT2D eigenvalue weighted by molar-refractivity contribution is -0.870. The van der Waals surface area contributed by atoms with E-state index < -0.39 is 19.9 Å². The molecular formula is C42H80NO7P. The molecule has 51 heavy (non-hydrogen) atoms. The van der Waals surface area contributed by atoms with E-state index in [2.05, 4.69) is 19.9 Å². The van der Waals surface area contributed by atoms with Crippen LogP contribution in [-0.4, -0.2) is 64.1 Å². The van der Waals surface area contributed by atoms with Crippen molar-refractivity contribution in [2.45, 2.75) is 180 Å². The minimum absolute atomic E-state index is 0.00135. The molecule has 0 aromatic rings. The van der Waals surface area contributed by atoms with Crippen molar-refractivity contribution in [3.8, 4) is 0 Å². The summed E-state index contributed by atoms with van der Waals surface area (Å²) < 4.78 is 34.0. The molecule has 0 N–H and O–H groups in total. The fourth-order valence-corrected chi connectivity index (χ4v) is 6.32. The van der Waals surface area contributed by atoms with Gasteiger partial charge in [0.05, 0.1) is 34.0 Å². The van der Waals surface area contributed by atoms with Crippen molar-refractivity contribution in [1.82, 2.24) is 0 Å². The number of carbonyl (C=O) groups is 1. The maximum Gasteiger partial charge on any atom is 0.331 e. The molecule has 0 aliphatic carbocycles. The van der Waals surface area contributed by atoms with Gasteiger partial charge in [0.25, 0.3) is 7.82 Å². The molecule has 2 atom stereocenters. The van der Waals surface area contributed by atoms with Crippen LogP contribution in [-0.2, 0) is 27.9 Å². The van der Waals surface area contributed by atoms with Crippen molar-refractivity contribution in [3.63, 3.8) is 0 Å². The number of rotatable bonds is 38. The number of hydrogen-bond acceptors (Lipinski definition) is 7. The van der Waals surface area contributed by atoms with Gasteiger partial charge in [0.1, 0.15) is 19.8 Å². The Kier molecular flexibility index (Phi) is 34.6. The van der Waals surface area contributed by atoms with Gasteiger partial charge in [-0.15, -0.1) is 0 Å². The van der Waals surface area contributed by atoms with Crippen LogP contribution in [0.2, 0.25) is 0 Å². The number of esters is 1. The first kappa shape index (κ1) is 49.6. The largest absolute Gasteiger partial charge is 0.756 e. The molecule has 0 aliphatic rings. The van der Waals surface area contributed by atoms with Crippen LogP contribution in [0, 0.1) is 0 Å². The van der Waals surface area contributed by atoms with E-state index in [4.69, 9.17) is 18.5 Å². The topological polar surface area (TPSA) is 94.1 Å². The molecule has 0 saturated heterocycles. The van der Waals surface area contributed by atoms with Crippen molar-refractivity contribution >= 4 is 13.8 Å². The minimum atomic E-state index is -4.56. The molecular weight excluding hydrogens is 661 g/mol. The summed E-state index contributed by atoms with van der Waals surface area (Å²) in [6.07, 6.45) is 41.6. The highest BCUT2D eigenvalue weighted by Crippen LogP contribution is 2.38. The molecule has 0 aromatic carbocycles. The van der Waals surface area contributed by atoms with Crippen LogP contribution >= 0.6 is 7.82 Å². The zero-order valence-electron chi connectivity index (χ0n) is 33.8. The van der Waals surface area contributed by atoms with Gasteiger partial charge in [0.2, 0.25) is 0 Å². The van der Waals surface area contributed by atoms with Gasteiger partial charge in [-0.05, 0) is 31.8 Å². The first-order valence-corrected chi connectivity index (χ1v) is 22.3. The first-order valence-electron chi connectivity index (χ1n) is 20.8. The van der Waals surface area contributed by atoms with Crippen LogP contribution in [0.5, 0.6) is 0 Å². The number of carbonyl (C=O) groups excluding carboxylic acids is 1. The average Bonchev–Trinajstić information content (AvgIpc) is 3.08. The second-order valence-electron chi connectivity index (χ2n) is 15.1. The number of quaternary nitrogens is 1. The number of phosphoric ester groups is 1. The Morgan fingerprint density at radius 1 is 0.627 bits per heavy atom. The lowest BCUT2D eigenvalue weighted by Gasteiger charge is -2.28. The Hall–Kier alpha value is -1.44. The number of ether oxygens (including phenoxy) is 2. The van der Waals surface area contributed by atoms with Gasteiger partial charge >= 0.3 is 5.97 Å². The van der Waals surface area contributed by atoms with Crippen molar-refractivity contribution in [3.05, 3.63) is 36.6 Å². The van der Waals surface area contributed by atoms with E-state index >= 15 is 0 Å². The fourth-order valence-electron chi connectivity index (χ4n) is 5.60. The molecule has 0 rings (SSSR count). The van der Waals surface area contributed by atoms with E-state index in [-0.39, 0.29) is 19.8 Å². The van der Waals surface area contributed by atoms with Crippen molar-refractivity contribution in [2.75, 3.05) is 47.5 Å². The third-order valence-corrected chi connectivity index (χ3v) is 9.83. The van der Waals surface area contributed by atoms with Gasteiger partial charge < -0.3 is 27.9 Å². The number of likely N-dealkylation sites (N-methyl/N-ethyl adjacent to an activating group) is 1. The van der Waals surface area contributed by atoms with Crippen LogP contribution in [0.1, 0.15) is 174 Å². The average molecular weight is 742 g/mol. The van der Waals surface area contributed by atoms with Gasteiger partial charge in [-0.2, -0.15) is 0 Å². The van der Waals surface area contributed by atoms with E-state index in [0.29, 0.717) is 11.0 Å². The molecule has 0 bridgehead atoms. The summed E-state index contributed by atoms with van der Waals surface area (Å²) in [4.78, 5) is 24.8. The molecule has 0 radical (unpaired) electrons. The monoisotopic (exact) mass is 742 g/mol. The van der Waals surface area contributed by atoms with E-state index in [1.165, 1.54) is 141 Å². The first-order chi connectivity index (χ1) is 24.6. The van der Waals surface area contributed by atoms with E-state index in [0.717, 1.165) is 25.7 Å². The summed E-state index contributed by atoms with van der Waals surface area (Å²) >= 11 is 0. The summed E-state index contributed by atoms with van der Waals surface area (Å²) in [5.74, 6) is -0.585. The van der Waals surface area contributed by atoms with Crippen LogP contribution in [0.15, 0.2) is 36.6 Å². The molecule has 0 saturated carbocycles. The third-order valence-electron chi connectivity index (χ3n) is 8.87. The minimum Gasteiger partial charge on any atom is -0.756 e. The SMILES string of the molecule is CCCCCCCCCCCCC/C=C/C=C/C(=O)O[C@H](CO/C=C/CCCCCCCCCCCCCC)COP(=O)([O-])OCC[N+](C)(C)C. The highest BCUT2D eigenvalue weighted by molar-refractivity contribution is 7.45. The molecule has 0 amide bonds. The quantitative estimate of drug-likeness (QED) is 0.0118. The number of unbranched alkanes of at least 4 members (excludes halogenated alkanes) is 23. The molecule has 0 spiro atoms. The Bertz CT molecular complexity index is 915. The van der Waals surface area contributed by atoms with E-state index in [1.54, 1.807) is 12.3 Å². The van der Waals surface area contributed by atoms with Crippen molar-refractivity contribution < 1.29 is 37.3 Å². The van der Waals surface area contributed by atoms with Gasteiger partial charge in [0, 0.05) is 6.08 Å². The molecule has 0 heterocycles. The van der Waals surface area contributed by atoms with Crippen LogP contribution in [0.4, 0.5) is 0 Å². The summed E-state index contributed by atoms with van der Waals surface area (Å²) in [7, 11) is 1.27. The Labute approximate surface area is 315 Å². The molecule has 8 nitrogen and oxygen atoms in total. The zero-order chi connectivity index (χ0) is 37.7. The van der Waals surface area contributed by atoms with Crippen molar-refractivity contribution in [2.24, 2.45) is 0 Å². The molecule has 300 valence electrons. The molecule has 1 unspecified atom stereocenters. The predicted molar refractivity (Wildman–Crippen MR) is 212 cm³/mol. The Morgan fingerprint density at radius 2 is 1.08 bits per heavy atom. The molecule has 9 heteroatoms. The van der Waals surface area contributed by atoms with Crippen LogP contribution in [0.3, 0.4) is 0 Å². The highest BCUT2D eigenvalue weighted by Gasteiger charge is 2.19. The van der Waals surface area contributed by atoms with Gasteiger partial charge in [-0.25, -0.2) is 4.79 Å². The third kappa shape index (κ3) is 39.6. The Morgan fingerprint density at radius 3 is 1.55 bits per heavy atom. The Balaban J connectivity index is 4.43. The normalized spacial score (nSPS) is 14.2. The smallest absolute Gasteiger partial charge is 0.331 e. The van der Waals surface area contributed by atoms with Crippen LogP contribution in [0.25, 0.3) is 0 Å². The van der Waals surface area contributed by atoms with Gasteiger partial charge in [0.15, 0.2) is 6.10 Å². The zero-order valence-corrected chi connectivity index (χ0v) is 34.7. The number of phosphoric acid groups is 1. The van der Waals surface area contributed by atoms with Crippen molar-refractivity contribution in [1.29, 1.82) is 0 Å². The molecule has 0 fully saturated rings. The maximum absolute atomic E-state index is 12.5. The van der Waals surface area contributed by atoms with Crippen LogP contribution < -0.4 is 4.89 Å². The lowest BCUT2D eigenvalue weighted by Crippen LogP contribution is -2.37. The highest BCUT2D eigenvalue weighted by atomic mass is 31.2. The molecule has 0 aromatic heterocycles. The second-order valence-corrected chi connectivity index (χ2v) is 16.6. The summed E-state index contributed by atoms with van der Waals surface area (Å²) in [6.45, 7) is 4.61. The van der Waals surface area contributed by atoms with Gasteiger partial charge in [-0.3, -0.25) is 4.57 Å². The van der Waals surface area contributed by atoms with E-state index in [1.807, 2.05) is 33.3 Å². The number of allylic oxidation sites excluding steroid dienone is 4. The summed E-state index contributed by atoms with van der Waals surface area (Å²) in [5.41, 5.74) is 0. The lowest BCUT2D eigenvalue weighted by atomic mass is 10.0.